The lowest BCUT2D eigenvalue weighted by Gasteiger charge is -2.10. The van der Waals surface area contributed by atoms with Gasteiger partial charge in [0.1, 0.15) is 5.82 Å². The minimum atomic E-state index is -0.287. The van der Waals surface area contributed by atoms with Crippen LogP contribution < -0.4 is 0 Å². The zero-order valence-corrected chi connectivity index (χ0v) is 15.2. The largest absolute Gasteiger partial charge is 0.245 e. The lowest BCUT2D eigenvalue weighted by Crippen LogP contribution is -2.05. The summed E-state index contributed by atoms with van der Waals surface area (Å²) in [7, 11) is 0. The van der Waals surface area contributed by atoms with E-state index in [9.17, 15) is 4.39 Å². The third-order valence-corrected chi connectivity index (χ3v) is 5.44. The summed E-state index contributed by atoms with van der Waals surface area (Å²) in [5.41, 5.74) is 6.02. The topological polar surface area (TPSA) is 56.0 Å². The minimum absolute atomic E-state index is 0.00163. The molecule has 0 fully saturated rings. The molecule has 132 valence electrons. The van der Waals surface area contributed by atoms with E-state index in [1.807, 2.05) is 29.8 Å². The first kappa shape index (κ1) is 16.0. The number of rotatable bonds is 3. The third kappa shape index (κ3) is 2.76. The maximum absolute atomic E-state index is 13.6. The highest BCUT2D eigenvalue weighted by molar-refractivity contribution is 7.16. The molecule has 0 aliphatic rings. The number of hydrogen-bond acceptors (Lipinski definition) is 5. The van der Waals surface area contributed by atoms with Gasteiger partial charge in [0.15, 0.2) is 11.5 Å². The first-order valence-electron chi connectivity index (χ1n) is 8.50. The number of benzene rings is 2. The number of hydrogen-bond donors (Lipinski definition) is 0. The summed E-state index contributed by atoms with van der Waals surface area (Å²) in [6, 6.07) is 16.3. The lowest BCUT2D eigenvalue weighted by atomic mass is 10.0. The zero-order chi connectivity index (χ0) is 18.4. The molecule has 5 aromatic rings. The molecule has 3 aromatic heterocycles. The van der Waals surface area contributed by atoms with E-state index in [0.29, 0.717) is 11.3 Å². The molecule has 7 heteroatoms. The molecule has 5 rings (SSSR count). The van der Waals surface area contributed by atoms with E-state index in [4.69, 9.17) is 0 Å². The van der Waals surface area contributed by atoms with Gasteiger partial charge in [-0.05, 0) is 42.0 Å². The molecule has 1 atom stereocenters. The van der Waals surface area contributed by atoms with Crippen LogP contribution in [0.4, 0.5) is 4.39 Å². The van der Waals surface area contributed by atoms with Crippen molar-refractivity contribution in [1.29, 1.82) is 0 Å². The van der Waals surface area contributed by atoms with Crippen LogP contribution in [0.5, 0.6) is 0 Å². The SMILES string of the molecule is CC(c1ccc2ncsc2c1)c1nnc2ccc(-c3cccc(F)c3)nn12. The summed E-state index contributed by atoms with van der Waals surface area (Å²) in [5.74, 6) is 0.457. The monoisotopic (exact) mass is 375 g/mol. The molecule has 0 aliphatic carbocycles. The number of aromatic nitrogens is 5. The van der Waals surface area contributed by atoms with E-state index < -0.39 is 0 Å². The Kier molecular flexibility index (Phi) is 3.68. The Hall–Kier alpha value is -3.19. The van der Waals surface area contributed by atoms with Crippen molar-refractivity contribution in [2.75, 3.05) is 0 Å². The van der Waals surface area contributed by atoms with Crippen LogP contribution in [0.1, 0.15) is 24.2 Å². The van der Waals surface area contributed by atoms with Crippen LogP contribution in [0.25, 0.3) is 27.1 Å². The molecule has 0 aliphatic heterocycles. The summed E-state index contributed by atoms with van der Waals surface area (Å²) in [6.45, 7) is 2.08. The molecule has 0 N–H and O–H groups in total. The van der Waals surface area contributed by atoms with Crippen LogP contribution in [0.2, 0.25) is 0 Å². The molecular formula is C20H14FN5S. The number of fused-ring (bicyclic) bond motifs is 2. The fourth-order valence-electron chi connectivity index (χ4n) is 3.17. The average molecular weight is 375 g/mol. The number of thiazole rings is 1. The Labute approximate surface area is 158 Å². The second kappa shape index (κ2) is 6.21. The molecule has 0 spiro atoms. The number of halogens is 1. The molecule has 0 bridgehead atoms. The van der Waals surface area contributed by atoms with E-state index in [-0.39, 0.29) is 11.7 Å². The Bertz CT molecular complexity index is 1280. The molecule has 3 heterocycles. The molecule has 0 radical (unpaired) electrons. The van der Waals surface area contributed by atoms with Crippen molar-refractivity contribution >= 4 is 27.2 Å². The van der Waals surface area contributed by atoms with Gasteiger partial charge in [0.05, 0.1) is 21.4 Å². The van der Waals surface area contributed by atoms with Gasteiger partial charge in [0.2, 0.25) is 0 Å². The maximum atomic E-state index is 13.6. The van der Waals surface area contributed by atoms with Crippen molar-refractivity contribution in [3.63, 3.8) is 0 Å². The summed E-state index contributed by atoms with van der Waals surface area (Å²) in [5, 5.41) is 13.3. The van der Waals surface area contributed by atoms with Crippen LogP contribution in [0, 0.1) is 5.82 Å². The van der Waals surface area contributed by atoms with Gasteiger partial charge in [0.25, 0.3) is 0 Å². The molecule has 5 nitrogen and oxygen atoms in total. The van der Waals surface area contributed by atoms with Gasteiger partial charge in [0, 0.05) is 11.5 Å². The molecule has 2 aromatic carbocycles. The highest BCUT2D eigenvalue weighted by atomic mass is 32.1. The fraction of sp³-hybridized carbons (Fsp3) is 0.100. The first-order chi connectivity index (χ1) is 13.2. The Balaban J connectivity index is 1.61. The van der Waals surface area contributed by atoms with Crippen molar-refractivity contribution in [3.05, 3.63) is 77.3 Å². The fourth-order valence-corrected chi connectivity index (χ4v) is 3.89. The number of nitrogens with zero attached hydrogens (tertiary/aromatic N) is 5. The summed E-state index contributed by atoms with van der Waals surface area (Å²) < 4.78 is 16.5. The highest BCUT2D eigenvalue weighted by Crippen LogP contribution is 2.28. The summed E-state index contributed by atoms with van der Waals surface area (Å²) in [6.07, 6.45) is 0. The van der Waals surface area contributed by atoms with E-state index >= 15 is 0 Å². The van der Waals surface area contributed by atoms with E-state index in [1.165, 1.54) is 12.1 Å². The van der Waals surface area contributed by atoms with Gasteiger partial charge < -0.3 is 0 Å². The molecule has 0 saturated carbocycles. The van der Waals surface area contributed by atoms with E-state index in [0.717, 1.165) is 27.2 Å². The maximum Gasteiger partial charge on any atom is 0.177 e. The van der Waals surface area contributed by atoms with Crippen LogP contribution in [0.15, 0.2) is 60.1 Å². The van der Waals surface area contributed by atoms with Crippen LogP contribution in [0.3, 0.4) is 0 Å². The average Bonchev–Trinajstić information content (AvgIpc) is 3.33. The Morgan fingerprint density at radius 2 is 1.96 bits per heavy atom. The molecular weight excluding hydrogens is 361 g/mol. The summed E-state index contributed by atoms with van der Waals surface area (Å²) in [4.78, 5) is 4.33. The normalized spacial score (nSPS) is 12.7. The minimum Gasteiger partial charge on any atom is -0.245 e. The highest BCUT2D eigenvalue weighted by Gasteiger charge is 2.18. The third-order valence-electron chi connectivity index (χ3n) is 4.65. The van der Waals surface area contributed by atoms with Gasteiger partial charge in [-0.1, -0.05) is 25.1 Å². The molecule has 0 amide bonds. The van der Waals surface area contributed by atoms with E-state index in [2.05, 4.69) is 39.3 Å². The van der Waals surface area contributed by atoms with Crippen molar-refractivity contribution in [2.45, 2.75) is 12.8 Å². The van der Waals surface area contributed by atoms with Crippen molar-refractivity contribution in [3.8, 4) is 11.3 Å². The molecule has 27 heavy (non-hydrogen) atoms. The van der Waals surface area contributed by atoms with Gasteiger partial charge in [-0.3, -0.25) is 0 Å². The molecule has 1 unspecified atom stereocenters. The zero-order valence-electron chi connectivity index (χ0n) is 14.4. The van der Waals surface area contributed by atoms with Crippen molar-refractivity contribution in [1.82, 2.24) is 24.8 Å². The van der Waals surface area contributed by atoms with Crippen LogP contribution in [-0.2, 0) is 0 Å². The van der Waals surface area contributed by atoms with Crippen molar-refractivity contribution in [2.24, 2.45) is 0 Å². The second-order valence-corrected chi connectivity index (χ2v) is 7.24. The van der Waals surface area contributed by atoms with Gasteiger partial charge in [-0.2, -0.15) is 9.61 Å². The lowest BCUT2D eigenvalue weighted by molar-refractivity contribution is 0.628. The van der Waals surface area contributed by atoms with Gasteiger partial charge >= 0.3 is 0 Å². The van der Waals surface area contributed by atoms with E-state index in [1.54, 1.807) is 21.9 Å². The van der Waals surface area contributed by atoms with Gasteiger partial charge in [-0.15, -0.1) is 21.5 Å². The Morgan fingerprint density at radius 3 is 2.85 bits per heavy atom. The summed E-state index contributed by atoms with van der Waals surface area (Å²) >= 11 is 1.62. The predicted octanol–water partition coefficient (Wildman–Crippen LogP) is 4.69. The Morgan fingerprint density at radius 1 is 1.04 bits per heavy atom. The molecule has 0 saturated heterocycles. The van der Waals surface area contributed by atoms with Crippen molar-refractivity contribution < 1.29 is 4.39 Å². The quantitative estimate of drug-likeness (QED) is 0.459. The standard InChI is InChI=1S/C20H14FN5S/c1-12(13-5-6-17-18(10-13)27-11-22-17)20-24-23-19-8-7-16(25-26(19)20)14-3-2-4-15(21)9-14/h2-12H,1H3. The van der Waals surface area contributed by atoms with Crippen LogP contribution >= 0.6 is 11.3 Å². The first-order valence-corrected chi connectivity index (χ1v) is 9.38. The predicted molar refractivity (Wildman–Crippen MR) is 103 cm³/mol. The van der Waals surface area contributed by atoms with Crippen LogP contribution in [-0.4, -0.2) is 24.8 Å². The second-order valence-electron chi connectivity index (χ2n) is 6.36. The van der Waals surface area contributed by atoms with Gasteiger partial charge in [-0.25, -0.2) is 9.37 Å². The smallest absolute Gasteiger partial charge is 0.177 e.